The zero-order chi connectivity index (χ0) is 17.5. The third-order valence-corrected chi connectivity index (χ3v) is 3.81. The van der Waals surface area contributed by atoms with E-state index in [0.717, 1.165) is 0 Å². The largest absolute Gasteiger partial charge is 0.492 e. The first kappa shape index (κ1) is 17.4. The molecule has 1 fully saturated rings. The van der Waals surface area contributed by atoms with Crippen LogP contribution < -0.4 is 9.64 Å². The third-order valence-electron chi connectivity index (χ3n) is 3.81. The summed E-state index contributed by atoms with van der Waals surface area (Å²) in [5.74, 6) is 4.74. The van der Waals surface area contributed by atoms with Gasteiger partial charge in [0.1, 0.15) is 5.75 Å². The highest BCUT2D eigenvalue weighted by Crippen LogP contribution is 2.33. The maximum absolute atomic E-state index is 12.6. The van der Waals surface area contributed by atoms with Gasteiger partial charge in [-0.05, 0) is 19.1 Å². The van der Waals surface area contributed by atoms with Gasteiger partial charge in [-0.15, -0.1) is 12.8 Å². The Balaban J connectivity index is 2.18. The van der Waals surface area contributed by atoms with Crippen LogP contribution in [0.25, 0.3) is 0 Å². The molecule has 1 heterocycles. The Morgan fingerprint density at radius 3 is 2.62 bits per heavy atom. The van der Waals surface area contributed by atoms with Crippen molar-refractivity contribution in [2.45, 2.75) is 13.3 Å². The minimum atomic E-state index is -0.450. The number of nitrogens with zero attached hydrogens (tertiary/aromatic N) is 2. The lowest BCUT2D eigenvalue weighted by Crippen LogP contribution is -2.38. The fourth-order valence-corrected chi connectivity index (χ4v) is 2.75. The van der Waals surface area contributed by atoms with Crippen molar-refractivity contribution in [1.29, 1.82) is 0 Å². The first-order valence-corrected chi connectivity index (χ1v) is 7.80. The van der Waals surface area contributed by atoms with Crippen LogP contribution >= 0.6 is 0 Å². The Morgan fingerprint density at radius 1 is 1.33 bits per heavy atom. The summed E-state index contributed by atoms with van der Waals surface area (Å²) in [6.45, 7) is 2.96. The topological polar surface area (TPSA) is 49.9 Å². The Hall–Kier alpha value is -2.92. The number of carbonyl (C=O) groups excluding carboxylic acids is 2. The molecule has 1 aliphatic heterocycles. The summed E-state index contributed by atoms with van der Waals surface area (Å²) in [7, 11) is 0. The van der Waals surface area contributed by atoms with E-state index in [2.05, 4.69) is 11.8 Å². The van der Waals surface area contributed by atoms with Crippen molar-refractivity contribution < 1.29 is 14.3 Å². The first-order valence-electron chi connectivity index (χ1n) is 7.80. The van der Waals surface area contributed by atoms with Gasteiger partial charge >= 0.3 is 0 Å². The van der Waals surface area contributed by atoms with Crippen LogP contribution in [-0.4, -0.2) is 43.0 Å². The second-order valence-corrected chi connectivity index (χ2v) is 5.41. The molecule has 2 amide bonds. The van der Waals surface area contributed by atoms with Crippen molar-refractivity contribution in [2.24, 2.45) is 5.92 Å². The van der Waals surface area contributed by atoms with Crippen LogP contribution in [0.15, 0.2) is 24.3 Å². The fraction of sp³-hybridized carbons (Fsp3) is 0.368. The molecule has 0 N–H and O–H groups in total. The maximum Gasteiger partial charge on any atom is 0.229 e. The van der Waals surface area contributed by atoms with E-state index in [0.29, 0.717) is 24.6 Å². The number of ether oxygens (including phenoxy) is 1. The van der Waals surface area contributed by atoms with E-state index in [1.54, 1.807) is 4.90 Å². The normalized spacial score (nSPS) is 16.4. The zero-order valence-corrected chi connectivity index (χ0v) is 13.7. The van der Waals surface area contributed by atoms with Gasteiger partial charge in [0.05, 0.1) is 31.3 Å². The van der Waals surface area contributed by atoms with Crippen molar-refractivity contribution in [3.8, 4) is 30.4 Å². The Kier molecular flexibility index (Phi) is 5.87. The van der Waals surface area contributed by atoms with Crippen molar-refractivity contribution in [3.63, 3.8) is 0 Å². The molecule has 1 saturated heterocycles. The second-order valence-electron chi connectivity index (χ2n) is 5.41. The number of hydrogen-bond donors (Lipinski definition) is 0. The summed E-state index contributed by atoms with van der Waals surface area (Å²) in [6.07, 6.45) is 10.7. The molecule has 0 spiro atoms. The van der Waals surface area contributed by atoms with Crippen LogP contribution in [-0.2, 0) is 9.59 Å². The number of para-hydroxylation sites is 2. The lowest BCUT2D eigenvalue weighted by molar-refractivity contribution is -0.134. The lowest BCUT2D eigenvalue weighted by Gasteiger charge is -2.22. The number of rotatable bonds is 6. The molecular formula is C19H20N2O3. The van der Waals surface area contributed by atoms with E-state index in [1.165, 1.54) is 4.90 Å². The molecule has 1 unspecified atom stereocenters. The van der Waals surface area contributed by atoms with Crippen molar-refractivity contribution >= 4 is 17.5 Å². The van der Waals surface area contributed by atoms with Crippen LogP contribution in [0.2, 0.25) is 0 Å². The van der Waals surface area contributed by atoms with Gasteiger partial charge in [0.15, 0.2) is 0 Å². The van der Waals surface area contributed by atoms with Crippen molar-refractivity contribution in [2.75, 3.05) is 31.1 Å². The van der Waals surface area contributed by atoms with E-state index in [1.807, 2.05) is 31.2 Å². The van der Waals surface area contributed by atoms with Gasteiger partial charge in [0.2, 0.25) is 11.8 Å². The van der Waals surface area contributed by atoms with Crippen molar-refractivity contribution in [3.05, 3.63) is 24.3 Å². The molecule has 1 aromatic rings. The van der Waals surface area contributed by atoms with Crippen LogP contribution in [0.5, 0.6) is 5.75 Å². The summed E-state index contributed by atoms with van der Waals surface area (Å²) in [5.41, 5.74) is 0.681. The van der Waals surface area contributed by atoms with E-state index >= 15 is 0 Å². The molecule has 0 radical (unpaired) electrons. The molecule has 5 nitrogen and oxygen atoms in total. The van der Waals surface area contributed by atoms with E-state index < -0.39 is 5.92 Å². The van der Waals surface area contributed by atoms with Crippen molar-refractivity contribution in [1.82, 2.24) is 4.90 Å². The number of carbonyl (C=O) groups is 2. The number of hydrogen-bond acceptors (Lipinski definition) is 3. The van der Waals surface area contributed by atoms with Gasteiger partial charge in [-0.2, -0.15) is 0 Å². The highest BCUT2D eigenvalue weighted by Gasteiger charge is 2.37. The van der Waals surface area contributed by atoms with Gasteiger partial charge in [-0.1, -0.05) is 24.0 Å². The molecule has 0 saturated carbocycles. The van der Waals surface area contributed by atoms with Crippen LogP contribution in [0.3, 0.4) is 0 Å². The third kappa shape index (κ3) is 3.70. The quantitative estimate of drug-likeness (QED) is 0.746. The lowest BCUT2D eigenvalue weighted by atomic mass is 10.1. The highest BCUT2D eigenvalue weighted by molar-refractivity contribution is 6.01. The first-order chi connectivity index (χ1) is 11.6. The molecule has 0 bridgehead atoms. The van der Waals surface area contributed by atoms with E-state index in [-0.39, 0.29) is 31.3 Å². The molecule has 5 heteroatoms. The van der Waals surface area contributed by atoms with Crippen LogP contribution in [0.1, 0.15) is 13.3 Å². The molecule has 1 atom stereocenters. The second kappa shape index (κ2) is 8.08. The Labute approximate surface area is 142 Å². The average molecular weight is 324 g/mol. The van der Waals surface area contributed by atoms with Gasteiger partial charge in [-0.3, -0.25) is 9.59 Å². The zero-order valence-electron chi connectivity index (χ0n) is 13.7. The SMILES string of the molecule is C#CCN(CC#C)C(=O)C1CC(=O)N(c2ccccc2OCC)C1. The molecule has 1 aliphatic rings. The Morgan fingerprint density at radius 2 is 2.00 bits per heavy atom. The maximum atomic E-state index is 12.6. The predicted molar refractivity (Wildman–Crippen MR) is 92.3 cm³/mol. The highest BCUT2D eigenvalue weighted by atomic mass is 16.5. The number of terminal acetylenes is 2. The number of amides is 2. The predicted octanol–water partition coefficient (Wildman–Crippen LogP) is 1.53. The summed E-state index contributed by atoms with van der Waals surface area (Å²) in [6, 6.07) is 7.31. The van der Waals surface area contributed by atoms with Gasteiger partial charge in [-0.25, -0.2) is 0 Å². The van der Waals surface area contributed by atoms with Gasteiger partial charge < -0.3 is 14.5 Å². The van der Waals surface area contributed by atoms with Crippen LogP contribution in [0, 0.1) is 30.6 Å². The minimum Gasteiger partial charge on any atom is -0.492 e. The molecule has 2 rings (SSSR count). The smallest absolute Gasteiger partial charge is 0.229 e. The summed E-state index contributed by atoms with van der Waals surface area (Å²) < 4.78 is 5.58. The van der Waals surface area contributed by atoms with Gasteiger partial charge in [0.25, 0.3) is 0 Å². The number of anilines is 1. The molecular weight excluding hydrogens is 304 g/mol. The standard InChI is InChI=1S/C19H20N2O3/c1-4-11-20(12-5-2)19(23)15-13-18(22)21(14-15)16-9-7-8-10-17(16)24-6-3/h1-2,7-10,15H,6,11-14H2,3H3. The molecule has 1 aromatic carbocycles. The molecule has 0 aromatic heterocycles. The molecule has 124 valence electrons. The van der Waals surface area contributed by atoms with E-state index in [9.17, 15) is 9.59 Å². The van der Waals surface area contributed by atoms with Crippen LogP contribution in [0.4, 0.5) is 5.69 Å². The molecule has 0 aliphatic carbocycles. The summed E-state index contributed by atoms with van der Waals surface area (Å²) in [5, 5.41) is 0. The summed E-state index contributed by atoms with van der Waals surface area (Å²) >= 11 is 0. The monoisotopic (exact) mass is 324 g/mol. The summed E-state index contributed by atoms with van der Waals surface area (Å²) in [4.78, 5) is 28.0. The fourth-order valence-electron chi connectivity index (χ4n) is 2.75. The number of benzene rings is 1. The average Bonchev–Trinajstić information content (AvgIpc) is 2.96. The van der Waals surface area contributed by atoms with E-state index in [4.69, 9.17) is 17.6 Å². The van der Waals surface area contributed by atoms with Gasteiger partial charge in [0, 0.05) is 13.0 Å². The molecule has 24 heavy (non-hydrogen) atoms. The minimum absolute atomic E-state index is 0.109. The Bertz CT molecular complexity index is 683.